The average Bonchev–Trinajstić information content (AvgIpc) is 2.12. The van der Waals surface area contributed by atoms with E-state index in [4.69, 9.17) is 9.47 Å². The van der Waals surface area contributed by atoms with E-state index in [9.17, 15) is 0 Å². The molecule has 1 aromatic carbocycles. The topological polar surface area (TPSA) is 18.5 Å². The molecule has 1 saturated heterocycles. The Labute approximate surface area is 82.2 Å². The molecule has 0 N–H and O–H groups in total. The lowest BCUT2D eigenvalue weighted by Gasteiger charge is -2.25. The Balaban J connectivity index is 2.08. The molecule has 0 aromatic heterocycles. The van der Waals surface area contributed by atoms with E-state index in [-0.39, 0.29) is 0 Å². The van der Waals surface area contributed by atoms with Crippen LogP contribution in [0.4, 0.5) is 0 Å². The molecular weight excluding hydrogens is 184 g/mol. The third kappa shape index (κ3) is 1.98. The molecule has 0 amide bonds. The quantitative estimate of drug-likeness (QED) is 0.738. The summed E-state index contributed by atoms with van der Waals surface area (Å²) in [6.07, 6.45) is 0. The lowest BCUT2D eigenvalue weighted by Crippen LogP contribution is -2.30. The van der Waals surface area contributed by atoms with E-state index in [1.165, 1.54) is 4.90 Å². The van der Waals surface area contributed by atoms with Gasteiger partial charge >= 0.3 is 0 Å². The molecule has 1 heterocycles. The Morgan fingerprint density at radius 3 is 2.77 bits per heavy atom. The van der Waals surface area contributed by atoms with Crippen LogP contribution in [0, 0.1) is 0 Å². The van der Waals surface area contributed by atoms with Gasteiger partial charge in [0.15, 0.2) is 0 Å². The molecular formula is C10H12O2S. The first-order chi connectivity index (χ1) is 6.40. The van der Waals surface area contributed by atoms with Gasteiger partial charge in [0.25, 0.3) is 0 Å². The molecule has 70 valence electrons. The van der Waals surface area contributed by atoms with Gasteiger partial charge in [0, 0.05) is 4.90 Å². The third-order valence-corrected chi connectivity index (χ3v) is 3.17. The summed E-state index contributed by atoms with van der Waals surface area (Å²) >= 11 is 1.83. The first-order valence-corrected chi connectivity index (χ1v) is 5.15. The number of rotatable bonds is 3. The Bertz CT molecular complexity index is 284. The molecule has 2 nitrogen and oxygen atoms in total. The van der Waals surface area contributed by atoms with Gasteiger partial charge in [-0.25, -0.2) is 0 Å². The number of methoxy groups -OCH3 is 1. The van der Waals surface area contributed by atoms with Crippen molar-refractivity contribution < 1.29 is 9.47 Å². The molecule has 0 aliphatic carbocycles. The van der Waals surface area contributed by atoms with Crippen LogP contribution in [0.2, 0.25) is 0 Å². The van der Waals surface area contributed by atoms with Gasteiger partial charge < -0.3 is 9.47 Å². The zero-order chi connectivity index (χ0) is 9.10. The van der Waals surface area contributed by atoms with Crippen molar-refractivity contribution in [3.05, 3.63) is 24.3 Å². The van der Waals surface area contributed by atoms with E-state index in [1.807, 2.05) is 30.0 Å². The van der Waals surface area contributed by atoms with Crippen LogP contribution >= 0.6 is 11.8 Å². The van der Waals surface area contributed by atoms with Crippen molar-refractivity contribution in [1.29, 1.82) is 0 Å². The molecule has 0 unspecified atom stereocenters. The third-order valence-electron chi connectivity index (χ3n) is 1.97. The number of ether oxygens (including phenoxy) is 2. The molecule has 1 aliphatic rings. The number of hydrogen-bond acceptors (Lipinski definition) is 3. The molecule has 0 radical (unpaired) electrons. The Hall–Kier alpha value is -0.670. The molecule has 2 rings (SSSR count). The van der Waals surface area contributed by atoms with E-state index >= 15 is 0 Å². The minimum absolute atomic E-state index is 0.608. The first-order valence-electron chi connectivity index (χ1n) is 4.27. The van der Waals surface area contributed by atoms with Crippen LogP contribution in [0.3, 0.4) is 0 Å². The summed E-state index contributed by atoms with van der Waals surface area (Å²) < 4.78 is 10.4. The Morgan fingerprint density at radius 1 is 1.38 bits per heavy atom. The van der Waals surface area contributed by atoms with Crippen molar-refractivity contribution in [2.45, 2.75) is 10.1 Å². The lowest BCUT2D eigenvalue weighted by molar-refractivity contribution is 0.0455. The summed E-state index contributed by atoms with van der Waals surface area (Å²) in [7, 11) is 1.71. The summed E-state index contributed by atoms with van der Waals surface area (Å²) in [6, 6.07) is 8.09. The highest BCUT2D eigenvalue weighted by molar-refractivity contribution is 8.00. The van der Waals surface area contributed by atoms with Gasteiger partial charge in [-0.1, -0.05) is 12.1 Å². The van der Waals surface area contributed by atoms with Gasteiger partial charge in [0.05, 0.1) is 25.6 Å². The largest absolute Gasteiger partial charge is 0.496 e. The normalized spacial score (nSPS) is 16.7. The van der Waals surface area contributed by atoms with Crippen molar-refractivity contribution in [3.63, 3.8) is 0 Å². The average molecular weight is 196 g/mol. The zero-order valence-electron chi connectivity index (χ0n) is 7.53. The summed E-state index contributed by atoms with van der Waals surface area (Å²) in [4.78, 5) is 1.21. The fraction of sp³-hybridized carbons (Fsp3) is 0.400. The highest BCUT2D eigenvalue weighted by Crippen LogP contribution is 2.34. The van der Waals surface area contributed by atoms with Crippen LogP contribution in [0.1, 0.15) is 0 Å². The minimum Gasteiger partial charge on any atom is -0.496 e. The maximum Gasteiger partial charge on any atom is 0.132 e. The molecule has 0 saturated carbocycles. The van der Waals surface area contributed by atoms with Crippen molar-refractivity contribution in [1.82, 2.24) is 0 Å². The molecule has 3 heteroatoms. The number of benzene rings is 1. The Morgan fingerprint density at radius 2 is 2.15 bits per heavy atom. The summed E-state index contributed by atoms with van der Waals surface area (Å²) in [5.41, 5.74) is 0. The number of hydrogen-bond donors (Lipinski definition) is 0. The number of thioether (sulfide) groups is 1. The highest BCUT2D eigenvalue weighted by atomic mass is 32.2. The van der Waals surface area contributed by atoms with Gasteiger partial charge in [-0.15, -0.1) is 11.8 Å². The van der Waals surface area contributed by atoms with E-state index < -0.39 is 0 Å². The predicted molar refractivity (Wildman–Crippen MR) is 53.5 cm³/mol. The van der Waals surface area contributed by atoms with Crippen LogP contribution in [0.15, 0.2) is 29.2 Å². The van der Waals surface area contributed by atoms with Crippen LogP contribution in [-0.4, -0.2) is 25.6 Å². The molecule has 1 fully saturated rings. The van der Waals surface area contributed by atoms with E-state index in [2.05, 4.69) is 6.07 Å². The highest BCUT2D eigenvalue weighted by Gasteiger charge is 2.20. The molecule has 0 atom stereocenters. The summed E-state index contributed by atoms with van der Waals surface area (Å²) in [5, 5.41) is 0.608. The van der Waals surface area contributed by atoms with Crippen LogP contribution < -0.4 is 4.74 Å². The van der Waals surface area contributed by atoms with Gasteiger partial charge in [0.1, 0.15) is 5.75 Å². The minimum atomic E-state index is 0.608. The maximum absolute atomic E-state index is 5.25. The second kappa shape index (κ2) is 4.03. The van der Waals surface area contributed by atoms with E-state index in [0.717, 1.165) is 19.0 Å². The molecule has 1 aromatic rings. The maximum atomic E-state index is 5.25. The van der Waals surface area contributed by atoms with Crippen molar-refractivity contribution in [2.24, 2.45) is 0 Å². The fourth-order valence-corrected chi connectivity index (χ4v) is 2.29. The Kier molecular flexibility index (Phi) is 2.76. The van der Waals surface area contributed by atoms with Crippen LogP contribution in [0.25, 0.3) is 0 Å². The number of para-hydroxylation sites is 1. The summed E-state index contributed by atoms with van der Waals surface area (Å²) in [5.74, 6) is 0.958. The van der Waals surface area contributed by atoms with Crippen molar-refractivity contribution in [2.75, 3.05) is 20.3 Å². The van der Waals surface area contributed by atoms with Gasteiger partial charge in [-0.3, -0.25) is 0 Å². The monoisotopic (exact) mass is 196 g/mol. The summed E-state index contributed by atoms with van der Waals surface area (Å²) in [6.45, 7) is 1.73. The molecule has 1 aliphatic heterocycles. The smallest absolute Gasteiger partial charge is 0.132 e. The standard InChI is InChI=1S/C10H12O2S/c1-11-9-4-2-3-5-10(9)13-8-6-12-7-8/h2-5,8H,6-7H2,1H3. The fourth-order valence-electron chi connectivity index (χ4n) is 1.18. The molecule has 0 bridgehead atoms. The van der Waals surface area contributed by atoms with Gasteiger partial charge in [0.2, 0.25) is 0 Å². The van der Waals surface area contributed by atoms with Crippen molar-refractivity contribution >= 4 is 11.8 Å². The van der Waals surface area contributed by atoms with E-state index in [1.54, 1.807) is 7.11 Å². The predicted octanol–water partition coefficient (Wildman–Crippen LogP) is 2.19. The van der Waals surface area contributed by atoms with Crippen molar-refractivity contribution in [3.8, 4) is 5.75 Å². The van der Waals surface area contributed by atoms with Gasteiger partial charge in [-0.2, -0.15) is 0 Å². The molecule has 0 spiro atoms. The van der Waals surface area contributed by atoms with Crippen LogP contribution in [-0.2, 0) is 4.74 Å². The second-order valence-corrected chi connectivity index (χ2v) is 4.27. The molecule has 13 heavy (non-hydrogen) atoms. The first kappa shape index (κ1) is 8.91. The SMILES string of the molecule is COc1ccccc1SC1COC1. The lowest BCUT2D eigenvalue weighted by atomic mass is 10.3. The second-order valence-electron chi connectivity index (χ2n) is 2.93. The van der Waals surface area contributed by atoms with Gasteiger partial charge in [-0.05, 0) is 12.1 Å². The van der Waals surface area contributed by atoms with E-state index in [0.29, 0.717) is 5.25 Å². The van der Waals surface area contributed by atoms with Crippen LogP contribution in [0.5, 0.6) is 5.75 Å². The zero-order valence-corrected chi connectivity index (χ0v) is 8.34.